The molecule has 2 unspecified atom stereocenters. The third-order valence-corrected chi connectivity index (χ3v) is 6.10. The molecule has 0 aromatic heterocycles. The standard InChI is InChI=1S/C17H31N3O/c21-13-17(14-4-5-14,18-15-6-7-15)12-19-8-2-10-20-9-1-3-16(20)11-19/h14-16,18,21H,1-13H2. The van der Waals surface area contributed by atoms with Gasteiger partial charge in [0.2, 0.25) is 0 Å². The van der Waals surface area contributed by atoms with Crippen LogP contribution in [0.3, 0.4) is 0 Å². The Hall–Kier alpha value is -0.160. The average molecular weight is 293 g/mol. The van der Waals surface area contributed by atoms with Crippen molar-refractivity contribution in [2.45, 2.75) is 62.6 Å². The van der Waals surface area contributed by atoms with Crippen molar-refractivity contribution >= 4 is 0 Å². The van der Waals surface area contributed by atoms with Gasteiger partial charge in [0.1, 0.15) is 0 Å². The first-order valence-electron chi connectivity index (χ1n) is 9.14. The van der Waals surface area contributed by atoms with E-state index in [2.05, 4.69) is 15.1 Å². The van der Waals surface area contributed by atoms with E-state index < -0.39 is 0 Å². The van der Waals surface area contributed by atoms with Gasteiger partial charge in [0.05, 0.1) is 12.1 Å². The van der Waals surface area contributed by atoms with E-state index in [0.717, 1.165) is 12.6 Å². The maximum absolute atomic E-state index is 10.2. The molecule has 2 atom stereocenters. The number of rotatable bonds is 6. The smallest absolute Gasteiger partial charge is 0.0628 e. The SMILES string of the molecule is OCC(CN1CCCN2CCCC2C1)(NC1CC1)C1CC1. The molecule has 2 heterocycles. The minimum atomic E-state index is -0.00502. The zero-order valence-electron chi connectivity index (χ0n) is 13.3. The highest BCUT2D eigenvalue weighted by Crippen LogP contribution is 2.42. The molecule has 2 saturated heterocycles. The first-order chi connectivity index (χ1) is 10.3. The van der Waals surface area contributed by atoms with Gasteiger partial charge in [-0.2, -0.15) is 0 Å². The van der Waals surface area contributed by atoms with Crippen molar-refractivity contribution < 1.29 is 5.11 Å². The molecule has 0 aromatic rings. The van der Waals surface area contributed by atoms with Crippen LogP contribution in [0.25, 0.3) is 0 Å². The second-order valence-corrected chi connectivity index (χ2v) is 7.93. The lowest BCUT2D eigenvalue weighted by Gasteiger charge is -2.39. The largest absolute Gasteiger partial charge is 0.394 e. The normalized spacial score (nSPS) is 34.4. The lowest BCUT2D eigenvalue weighted by Crippen LogP contribution is -2.59. The molecular formula is C17H31N3O. The summed E-state index contributed by atoms with van der Waals surface area (Å²) in [7, 11) is 0. The van der Waals surface area contributed by atoms with Crippen molar-refractivity contribution in [3.05, 3.63) is 0 Å². The van der Waals surface area contributed by atoms with Crippen LogP contribution in [0.15, 0.2) is 0 Å². The molecule has 2 aliphatic heterocycles. The molecule has 4 fully saturated rings. The van der Waals surface area contributed by atoms with E-state index in [1.54, 1.807) is 0 Å². The van der Waals surface area contributed by atoms with Crippen LogP contribution in [0.5, 0.6) is 0 Å². The summed E-state index contributed by atoms with van der Waals surface area (Å²) < 4.78 is 0. The quantitative estimate of drug-likeness (QED) is 0.768. The second kappa shape index (κ2) is 5.80. The Morgan fingerprint density at radius 3 is 2.52 bits per heavy atom. The summed E-state index contributed by atoms with van der Waals surface area (Å²) in [6.07, 6.45) is 9.30. The molecule has 2 saturated carbocycles. The molecule has 0 aromatic carbocycles. The van der Waals surface area contributed by atoms with Crippen molar-refractivity contribution in [1.29, 1.82) is 0 Å². The minimum Gasteiger partial charge on any atom is -0.394 e. The maximum atomic E-state index is 10.2. The third kappa shape index (κ3) is 3.14. The summed E-state index contributed by atoms with van der Waals surface area (Å²) in [5.41, 5.74) is -0.00502. The molecule has 4 heteroatoms. The molecule has 4 aliphatic rings. The fraction of sp³-hybridized carbons (Fsp3) is 1.00. The van der Waals surface area contributed by atoms with Gasteiger partial charge in [0.25, 0.3) is 0 Å². The second-order valence-electron chi connectivity index (χ2n) is 7.93. The highest BCUT2D eigenvalue weighted by Gasteiger charge is 2.48. The van der Waals surface area contributed by atoms with E-state index in [1.165, 1.54) is 71.1 Å². The third-order valence-electron chi connectivity index (χ3n) is 6.10. The van der Waals surface area contributed by atoms with Crippen LogP contribution in [0.1, 0.15) is 44.9 Å². The van der Waals surface area contributed by atoms with Gasteiger partial charge in [-0.25, -0.2) is 0 Å². The molecule has 21 heavy (non-hydrogen) atoms. The monoisotopic (exact) mass is 293 g/mol. The van der Waals surface area contributed by atoms with Crippen molar-refractivity contribution in [3.63, 3.8) is 0 Å². The number of hydrogen-bond donors (Lipinski definition) is 2. The minimum absolute atomic E-state index is 0.00502. The van der Waals surface area contributed by atoms with Crippen LogP contribution in [-0.4, -0.2) is 71.9 Å². The molecule has 0 bridgehead atoms. The predicted octanol–water partition coefficient (Wildman–Crippen LogP) is 1.05. The number of aliphatic hydroxyl groups excluding tert-OH is 1. The Balaban J connectivity index is 1.43. The molecule has 0 spiro atoms. The van der Waals surface area contributed by atoms with E-state index in [4.69, 9.17) is 0 Å². The van der Waals surface area contributed by atoms with Crippen LogP contribution >= 0.6 is 0 Å². The van der Waals surface area contributed by atoms with Crippen LogP contribution in [-0.2, 0) is 0 Å². The zero-order chi connectivity index (χ0) is 14.3. The van der Waals surface area contributed by atoms with Gasteiger partial charge >= 0.3 is 0 Å². The van der Waals surface area contributed by atoms with Crippen LogP contribution < -0.4 is 5.32 Å². The molecular weight excluding hydrogens is 262 g/mol. The summed E-state index contributed by atoms with van der Waals surface area (Å²) in [6.45, 7) is 6.42. The van der Waals surface area contributed by atoms with Gasteiger partial charge in [-0.15, -0.1) is 0 Å². The van der Waals surface area contributed by atoms with Gasteiger partial charge in [-0.05, 0) is 70.5 Å². The first kappa shape index (κ1) is 14.4. The van der Waals surface area contributed by atoms with Gasteiger partial charge in [-0.3, -0.25) is 9.80 Å². The first-order valence-corrected chi connectivity index (χ1v) is 9.14. The van der Waals surface area contributed by atoms with E-state index in [9.17, 15) is 5.11 Å². The topological polar surface area (TPSA) is 38.7 Å². The Labute approximate surface area is 128 Å². The molecule has 4 rings (SSSR count). The number of fused-ring (bicyclic) bond motifs is 1. The summed E-state index contributed by atoms with van der Waals surface area (Å²) in [4.78, 5) is 5.37. The average Bonchev–Trinajstić information content (AvgIpc) is 3.37. The van der Waals surface area contributed by atoms with Crippen molar-refractivity contribution in [2.75, 3.05) is 39.3 Å². The lowest BCUT2D eigenvalue weighted by molar-refractivity contribution is 0.0850. The van der Waals surface area contributed by atoms with Gasteiger partial charge in [0, 0.05) is 25.2 Å². The highest BCUT2D eigenvalue weighted by atomic mass is 16.3. The van der Waals surface area contributed by atoms with Crippen LogP contribution in [0.4, 0.5) is 0 Å². The summed E-state index contributed by atoms with van der Waals surface area (Å²) in [6, 6.07) is 1.47. The molecule has 0 radical (unpaired) electrons. The van der Waals surface area contributed by atoms with Crippen molar-refractivity contribution in [1.82, 2.24) is 15.1 Å². The number of nitrogens with zero attached hydrogens (tertiary/aromatic N) is 2. The van der Waals surface area contributed by atoms with Crippen molar-refractivity contribution in [2.24, 2.45) is 5.92 Å². The Bertz CT molecular complexity index is 369. The van der Waals surface area contributed by atoms with Gasteiger partial charge in [0.15, 0.2) is 0 Å². The van der Waals surface area contributed by atoms with Gasteiger partial charge in [-0.1, -0.05) is 0 Å². The number of hydrogen-bond acceptors (Lipinski definition) is 4. The molecule has 120 valence electrons. The Morgan fingerprint density at radius 2 is 1.81 bits per heavy atom. The van der Waals surface area contributed by atoms with E-state index in [-0.39, 0.29) is 5.54 Å². The van der Waals surface area contributed by atoms with E-state index in [0.29, 0.717) is 18.6 Å². The molecule has 2 N–H and O–H groups in total. The van der Waals surface area contributed by atoms with E-state index >= 15 is 0 Å². The van der Waals surface area contributed by atoms with Crippen LogP contribution in [0, 0.1) is 5.92 Å². The number of aliphatic hydroxyl groups is 1. The predicted molar refractivity (Wildman–Crippen MR) is 84.4 cm³/mol. The summed E-state index contributed by atoms with van der Waals surface area (Å²) >= 11 is 0. The molecule has 2 aliphatic carbocycles. The fourth-order valence-electron chi connectivity index (χ4n) is 4.61. The molecule has 4 nitrogen and oxygen atoms in total. The Kier molecular flexibility index (Phi) is 3.99. The maximum Gasteiger partial charge on any atom is 0.0628 e. The zero-order valence-corrected chi connectivity index (χ0v) is 13.3. The van der Waals surface area contributed by atoms with Gasteiger partial charge < -0.3 is 10.4 Å². The lowest BCUT2D eigenvalue weighted by atomic mass is 9.92. The summed E-state index contributed by atoms with van der Waals surface area (Å²) in [5.74, 6) is 0.714. The van der Waals surface area contributed by atoms with E-state index in [1.807, 2.05) is 0 Å². The van der Waals surface area contributed by atoms with Crippen molar-refractivity contribution in [3.8, 4) is 0 Å². The Morgan fingerprint density at radius 1 is 1.00 bits per heavy atom. The van der Waals surface area contributed by atoms with Crippen LogP contribution in [0.2, 0.25) is 0 Å². The summed E-state index contributed by atoms with van der Waals surface area (Å²) in [5, 5.41) is 14.0. The fourth-order valence-corrected chi connectivity index (χ4v) is 4.61. The number of nitrogens with one attached hydrogen (secondary N) is 1. The molecule has 0 amide bonds. The highest BCUT2D eigenvalue weighted by molar-refractivity contribution is 5.06.